The molecule has 0 saturated carbocycles. The first-order valence-corrected chi connectivity index (χ1v) is 10.1. The predicted octanol–water partition coefficient (Wildman–Crippen LogP) is 4.16. The van der Waals surface area contributed by atoms with Crippen molar-refractivity contribution in [3.8, 4) is 11.5 Å². The van der Waals surface area contributed by atoms with Crippen LogP contribution >= 0.6 is 0 Å². The second-order valence-electron chi connectivity index (χ2n) is 7.12. The fourth-order valence-electron chi connectivity index (χ4n) is 3.17. The van der Waals surface area contributed by atoms with Gasteiger partial charge >= 0.3 is 5.91 Å². The quantitative estimate of drug-likeness (QED) is 0.430. The van der Waals surface area contributed by atoms with Crippen LogP contribution in [-0.2, 0) is 11.4 Å². The number of fused-ring (bicyclic) bond motifs is 1. The normalized spacial score (nSPS) is 10.5. The Morgan fingerprint density at radius 2 is 1.59 bits per heavy atom. The molecule has 7 heteroatoms. The molecular weight excluding hydrogens is 408 g/mol. The van der Waals surface area contributed by atoms with Crippen LogP contribution in [0.25, 0.3) is 11.0 Å². The molecule has 2 N–H and O–H groups in total. The number of hydrazine groups is 1. The van der Waals surface area contributed by atoms with E-state index in [1.807, 2.05) is 73.7 Å². The zero-order valence-electron chi connectivity index (χ0n) is 17.5. The maximum atomic E-state index is 12.8. The maximum Gasteiger partial charge on any atom is 0.305 e. The van der Waals surface area contributed by atoms with Crippen LogP contribution in [0, 0.1) is 6.92 Å². The first-order chi connectivity index (χ1) is 15.6. The number of carbonyl (C=O) groups excluding carboxylic acids is 2. The van der Waals surface area contributed by atoms with Crippen molar-refractivity contribution in [3.05, 3.63) is 95.7 Å². The van der Waals surface area contributed by atoms with Crippen molar-refractivity contribution in [2.24, 2.45) is 0 Å². The summed E-state index contributed by atoms with van der Waals surface area (Å²) >= 11 is 0. The van der Waals surface area contributed by atoms with E-state index < -0.39 is 11.8 Å². The summed E-state index contributed by atoms with van der Waals surface area (Å²) in [6, 6.07) is 23.9. The number of amides is 2. The SMILES string of the molecule is Cc1cccc(OCC(=O)NNC(=O)c2oc3ccccc3c2COc2ccccc2)c1. The molecule has 3 aromatic carbocycles. The lowest BCUT2D eigenvalue weighted by Gasteiger charge is -2.10. The van der Waals surface area contributed by atoms with E-state index in [1.54, 1.807) is 12.1 Å². The minimum Gasteiger partial charge on any atom is -0.489 e. The molecule has 4 rings (SSSR count). The van der Waals surface area contributed by atoms with Crippen molar-refractivity contribution in [2.75, 3.05) is 6.61 Å². The third kappa shape index (κ3) is 5.07. The fourth-order valence-corrected chi connectivity index (χ4v) is 3.17. The molecule has 2 amide bonds. The van der Waals surface area contributed by atoms with Crippen molar-refractivity contribution in [2.45, 2.75) is 13.5 Å². The van der Waals surface area contributed by atoms with Gasteiger partial charge in [-0.3, -0.25) is 20.4 Å². The average molecular weight is 430 g/mol. The molecule has 4 aromatic rings. The lowest BCUT2D eigenvalue weighted by atomic mass is 10.1. The van der Waals surface area contributed by atoms with Crippen LogP contribution in [0.1, 0.15) is 21.7 Å². The Labute approximate surface area is 184 Å². The summed E-state index contributed by atoms with van der Waals surface area (Å²) in [5.74, 6) is 0.228. The van der Waals surface area contributed by atoms with Crippen molar-refractivity contribution in [1.29, 1.82) is 0 Å². The van der Waals surface area contributed by atoms with E-state index in [2.05, 4.69) is 10.9 Å². The number of nitrogens with one attached hydrogen (secondary N) is 2. The van der Waals surface area contributed by atoms with Gasteiger partial charge in [0.1, 0.15) is 23.7 Å². The highest BCUT2D eigenvalue weighted by Crippen LogP contribution is 2.27. The van der Waals surface area contributed by atoms with Gasteiger partial charge in [0.2, 0.25) is 5.76 Å². The lowest BCUT2D eigenvalue weighted by molar-refractivity contribution is -0.123. The molecule has 7 nitrogen and oxygen atoms in total. The number of furan rings is 1. The van der Waals surface area contributed by atoms with Crippen LogP contribution in [0.4, 0.5) is 0 Å². The predicted molar refractivity (Wildman–Crippen MR) is 119 cm³/mol. The molecule has 32 heavy (non-hydrogen) atoms. The summed E-state index contributed by atoms with van der Waals surface area (Å²) in [5, 5.41) is 0.766. The highest BCUT2D eigenvalue weighted by Gasteiger charge is 2.21. The number of hydrogen-bond acceptors (Lipinski definition) is 5. The summed E-state index contributed by atoms with van der Waals surface area (Å²) in [6.07, 6.45) is 0. The van der Waals surface area contributed by atoms with Gasteiger partial charge in [0, 0.05) is 10.9 Å². The fraction of sp³-hybridized carbons (Fsp3) is 0.120. The van der Waals surface area contributed by atoms with Gasteiger partial charge in [0.25, 0.3) is 5.91 Å². The van der Waals surface area contributed by atoms with Gasteiger partial charge in [0.15, 0.2) is 6.61 Å². The summed E-state index contributed by atoms with van der Waals surface area (Å²) in [4.78, 5) is 24.9. The van der Waals surface area contributed by atoms with E-state index >= 15 is 0 Å². The van der Waals surface area contributed by atoms with Crippen LogP contribution < -0.4 is 20.3 Å². The number of carbonyl (C=O) groups is 2. The minimum absolute atomic E-state index is 0.0713. The Hall–Kier alpha value is -4.26. The van der Waals surface area contributed by atoms with E-state index in [4.69, 9.17) is 13.9 Å². The van der Waals surface area contributed by atoms with Crippen LogP contribution in [0.2, 0.25) is 0 Å². The second-order valence-corrected chi connectivity index (χ2v) is 7.12. The van der Waals surface area contributed by atoms with Gasteiger partial charge in [0.05, 0.1) is 0 Å². The Kier molecular flexibility index (Phi) is 6.36. The molecular formula is C25H22N2O5. The monoisotopic (exact) mass is 430 g/mol. The van der Waals surface area contributed by atoms with Crippen LogP contribution in [0.3, 0.4) is 0 Å². The number of rotatable bonds is 7. The van der Waals surface area contributed by atoms with Gasteiger partial charge < -0.3 is 13.9 Å². The highest BCUT2D eigenvalue weighted by atomic mass is 16.5. The molecule has 162 valence electrons. The number of benzene rings is 3. The molecule has 0 fully saturated rings. The number of hydrogen-bond donors (Lipinski definition) is 2. The van der Waals surface area contributed by atoms with Gasteiger partial charge in [-0.05, 0) is 42.8 Å². The molecule has 0 bridgehead atoms. The first-order valence-electron chi connectivity index (χ1n) is 10.1. The van der Waals surface area contributed by atoms with Crippen molar-refractivity contribution in [1.82, 2.24) is 10.9 Å². The van der Waals surface area contributed by atoms with E-state index in [0.717, 1.165) is 10.9 Å². The largest absolute Gasteiger partial charge is 0.489 e. The van der Waals surface area contributed by atoms with Gasteiger partial charge in [-0.15, -0.1) is 0 Å². The van der Waals surface area contributed by atoms with Gasteiger partial charge in [-0.25, -0.2) is 0 Å². The van der Waals surface area contributed by atoms with Crippen LogP contribution in [0.5, 0.6) is 11.5 Å². The zero-order valence-corrected chi connectivity index (χ0v) is 17.5. The van der Waals surface area contributed by atoms with Crippen LogP contribution in [-0.4, -0.2) is 18.4 Å². The standard InChI is InChI=1S/C25H22N2O5/c1-17-8-7-11-19(14-17)31-16-23(28)26-27-25(29)24-21(15-30-18-9-3-2-4-10-18)20-12-5-6-13-22(20)32-24/h2-14H,15-16H2,1H3,(H,26,28)(H,27,29). The Morgan fingerprint density at radius 3 is 2.41 bits per heavy atom. The molecule has 0 unspecified atom stereocenters. The summed E-state index contributed by atoms with van der Waals surface area (Å²) < 4.78 is 17.0. The Balaban J connectivity index is 1.41. The molecule has 0 saturated heterocycles. The number of ether oxygens (including phenoxy) is 2. The van der Waals surface area contributed by atoms with Crippen molar-refractivity contribution < 1.29 is 23.5 Å². The minimum atomic E-state index is -0.586. The first kappa shape index (κ1) is 21.0. The molecule has 0 radical (unpaired) electrons. The molecule has 0 spiro atoms. The average Bonchev–Trinajstić information content (AvgIpc) is 3.19. The molecule has 0 aliphatic carbocycles. The van der Waals surface area contributed by atoms with Crippen molar-refractivity contribution in [3.63, 3.8) is 0 Å². The van der Waals surface area contributed by atoms with E-state index in [-0.39, 0.29) is 19.0 Å². The maximum absolute atomic E-state index is 12.8. The number of aryl methyl sites for hydroxylation is 1. The Bertz CT molecular complexity index is 1230. The van der Waals surface area contributed by atoms with E-state index in [9.17, 15) is 9.59 Å². The summed E-state index contributed by atoms with van der Waals surface area (Å²) in [6.45, 7) is 1.82. The topological polar surface area (TPSA) is 89.8 Å². The third-order valence-corrected chi connectivity index (χ3v) is 4.71. The van der Waals surface area contributed by atoms with Crippen molar-refractivity contribution >= 4 is 22.8 Å². The molecule has 0 atom stereocenters. The van der Waals surface area contributed by atoms with Crippen LogP contribution in [0.15, 0.2) is 83.3 Å². The van der Waals surface area contributed by atoms with E-state index in [0.29, 0.717) is 22.6 Å². The Morgan fingerprint density at radius 1 is 0.844 bits per heavy atom. The van der Waals surface area contributed by atoms with Gasteiger partial charge in [-0.1, -0.05) is 48.5 Å². The second kappa shape index (κ2) is 9.70. The highest BCUT2D eigenvalue weighted by molar-refractivity contribution is 5.99. The molecule has 0 aliphatic rings. The summed E-state index contributed by atoms with van der Waals surface area (Å²) in [7, 11) is 0. The third-order valence-electron chi connectivity index (χ3n) is 4.71. The van der Waals surface area contributed by atoms with E-state index in [1.165, 1.54) is 0 Å². The smallest absolute Gasteiger partial charge is 0.305 e. The molecule has 1 aromatic heterocycles. The number of para-hydroxylation sites is 2. The lowest BCUT2D eigenvalue weighted by Crippen LogP contribution is -2.44. The van der Waals surface area contributed by atoms with Gasteiger partial charge in [-0.2, -0.15) is 0 Å². The molecule has 1 heterocycles. The molecule has 0 aliphatic heterocycles. The zero-order chi connectivity index (χ0) is 22.3. The summed E-state index contributed by atoms with van der Waals surface area (Å²) in [5.41, 5.74) is 6.89.